The average molecular weight is 244 g/mol. The molecule has 17 heavy (non-hydrogen) atoms. The molecule has 6 heteroatoms. The lowest BCUT2D eigenvalue weighted by Crippen LogP contribution is -2.48. The third-order valence-electron chi connectivity index (χ3n) is 2.87. The molecule has 1 atom stereocenters. The highest BCUT2D eigenvalue weighted by atomic mass is 16.5. The molecule has 1 unspecified atom stereocenters. The van der Waals surface area contributed by atoms with Gasteiger partial charge in [-0.15, -0.1) is 0 Å². The number of nitrogens with one attached hydrogen (secondary N) is 1. The van der Waals surface area contributed by atoms with Crippen molar-refractivity contribution in [3.05, 3.63) is 0 Å². The van der Waals surface area contributed by atoms with Crippen LogP contribution in [0.5, 0.6) is 0 Å². The van der Waals surface area contributed by atoms with Crippen molar-refractivity contribution in [1.29, 1.82) is 0 Å². The zero-order chi connectivity index (χ0) is 12.7. The van der Waals surface area contributed by atoms with Gasteiger partial charge in [0.1, 0.15) is 0 Å². The van der Waals surface area contributed by atoms with E-state index in [-0.39, 0.29) is 12.0 Å². The Labute approximate surface area is 101 Å². The van der Waals surface area contributed by atoms with Crippen molar-refractivity contribution in [3.63, 3.8) is 0 Å². The van der Waals surface area contributed by atoms with Gasteiger partial charge in [-0.2, -0.15) is 0 Å². The van der Waals surface area contributed by atoms with E-state index < -0.39 is 6.09 Å². The number of likely N-dealkylation sites (tertiary alicyclic amines) is 1. The Morgan fingerprint density at radius 1 is 1.35 bits per heavy atom. The third kappa shape index (κ3) is 5.04. The smallest absolute Gasteiger partial charge is 0.407 e. The molecule has 0 saturated carbocycles. The Kier molecular flexibility index (Phi) is 5.76. The zero-order valence-electron chi connectivity index (χ0n) is 10.4. The Morgan fingerprint density at radius 2 is 2.12 bits per heavy atom. The number of carbonyl (C=O) groups is 2. The van der Waals surface area contributed by atoms with Gasteiger partial charge in [-0.25, -0.2) is 4.79 Å². The van der Waals surface area contributed by atoms with Crippen LogP contribution >= 0.6 is 0 Å². The molecule has 1 aliphatic rings. The van der Waals surface area contributed by atoms with Crippen molar-refractivity contribution >= 4 is 12.1 Å². The molecule has 1 rings (SSSR count). The molecule has 1 heterocycles. The highest BCUT2D eigenvalue weighted by Gasteiger charge is 2.21. The summed E-state index contributed by atoms with van der Waals surface area (Å²) in [5, 5.41) is 2.78. The molecule has 1 amide bonds. The molecule has 0 aromatic heterocycles. The molecule has 1 saturated heterocycles. The van der Waals surface area contributed by atoms with Crippen molar-refractivity contribution in [2.45, 2.75) is 25.3 Å². The molecule has 6 nitrogen and oxygen atoms in total. The fourth-order valence-electron chi connectivity index (χ4n) is 1.95. The number of ether oxygens (including phenoxy) is 2. The summed E-state index contributed by atoms with van der Waals surface area (Å²) >= 11 is 0. The number of amides is 1. The van der Waals surface area contributed by atoms with E-state index in [1.54, 1.807) is 0 Å². The summed E-state index contributed by atoms with van der Waals surface area (Å²) < 4.78 is 9.16. The first-order chi connectivity index (χ1) is 8.15. The second-order valence-corrected chi connectivity index (χ2v) is 4.10. The minimum Gasteiger partial charge on any atom is -0.469 e. The van der Waals surface area contributed by atoms with Crippen LogP contribution in [0.1, 0.15) is 19.3 Å². The van der Waals surface area contributed by atoms with Crippen LogP contribution in [0.3, 0.4) is 0 Å². The van der Waals surface area contributed by atoms with Gasteiger partial charge in [0.05, 0.1) is 20.6 Å². The molecule has 1 aliphatic heterocycles. The number of carbonyl (C=O) groups excluding carboxylic acids is 2. The van der Waals surface area contributed by atoms with Crippen LogP contribution in [-0.2, 0) is 14.3 Å². The fraction of sp³-hybridized carbons (Fsp3) is 0.818. The first kappa shape index (κ1) is 13.8. The zero-order valence-corrected chi connectivity index (χ0v) is 10.4. The maximum atomic E-state index is 11.1. The Balaban J connectivity index is 2.28. The fourth-order valence-corrected chi connectivity index (χ4v) is 1.95. The molecule has 1 N–H and O–H groups in total. The second-order valence-electron chi connectivity index (χ2n) is 4.10. The summed E-state index contributed by atoms with van der Waals surface area (Å²) in [5.41, 5.74) is 0. The number of hydrogen-bond donors (Lipinski definition) is 1. The summed E-state index contributed by atoms with van der Waals surface area (Å²) in [6, 6.07) is 0.105. The summed E-state index contributed by atoms with van der Waals surface area (Å²) in [5.74, 6) is -0.201. The standard InChI is InChI=1S/C11H20N2O4/c1-16-10(14)5-7-13-6-3-4-9(8-13)12-11(15)17-2/h9H,3-8H2,1-2H3,(H,12,15). The van der Waals surface area contributed by atoms with Gasteiger partial charge in [0.15, 0.2) is 0 Å². The monoisotopic (exact) mass is 244 g/mol. The largest absolute Gasteiger partial charge is 0.469 e. The van der Waals surface area contributed by atoms with Gasteiger partial charge in [-0.1, -0.05) is 0 Å². The third-order valence-corrected chi connectivity index (χ3v) is 2.87. The highest BCUT2D eigenvalue weighted by molar-refractivity contribution is 5.69. The lowest BCUT2D eigenvalue weighted by atomic mass is 10.1. The van der Waals surface area contributed by atoms with E-state index in [1.165, 1.54) is 14.2 Å². The summed E-state index contributed by atoms with van der Waals surface area (Å²) in [6.45, 7) is 2.38. The quantitative estimate of drug-likeness (QED) is 0.724. The summed E-state index contributed by atoms with van der Waals surface area (Å²) in [4.78, 5) is 24.2. The van der Waals surface area contributed by atoms with Gasteiger partial charge in [0, 0.05) is 19.1 Å². The minimum atomic E-state index is -0.398. The molecule has 1 fully saturated rings. The first-order valence-electron chi connectivity index (χ1n) is 5.79. The van der Waals surface area contributed by atoms with Crippen molar-refractivity contribution in [2.24, 2.45) is 0 Å². The molecular weight excluding hydrogens is 224 g/mol. The summed E-state index contributed by atoms with van der Waals surface area (Å²) in [7, 11) is 2.74. The van der Waals surface area contributed by atoms with E-state index in [0.717, 1.165) is 25.9 Å². The van der Waals surface area contributed by atoms with E-state index >= 15 is 0 Å². The molecular formula is C11H20N2O4. The number of esters is 1. The number of methoxy groups -OCH3 is 2. The van der Waals surface area contributed by atoms with E-state index in [1.807, 2.05) is 0 Å². The van der Waals surface area contributed by atoms with Crippen molar-refractivity contribution < 1.29 is 19.1 Å². The predicted octanol–water partition coefficient (Wildman–Crippen LogP) is 0.370. The molecule has 0 aliphatic carbocycles. The van der Waals surface area contributed by atoms with Crippen molar-refractivity contribution in [1.82, 2.24) is 10.2 Å². The molecule has 0 aromatic rings. The Morgan fingerprint density at radius 3 is 2.76 bits per heavy atom. The topological polar surface area (TPSA) is 67.9 Å². The van der Waals surface area contributed by atoms with Gasteiger partial charge >= 0.3 is 12.1 Å². The lowest BCUT2D eigenvalue weighted by molar-refractivity contribution is -0.141. The van der Waals surface area contributed by atoms with Crippen LogP contribution in [0.25, 0.3) is 0 Å². The van der Waals surface area contributed by atoms with E-state index in [4.69, 9.17) is 0 Å². The van der Waals surface area contributed by atoms with E-state index in [0.29, 0.717) is 13.0 Å². The van der Waals surface area contributed by atoms with E-state index in [2.05, 4.69) is 19.7 Å². The molecule has 0 spiro atoms. The van der Waals surface area contributed by atoms with Crippen LogP contribution in [-0.4, -0.2) is 56.9 Å². The molecule has 0 bridgehead atoms. The average Bonchev–Trinajstić information content (AvgIpc) is 2.36. The van der Waals surface area contributed by atoms with Crippen LogP contribution in [0.2, 0.25) is 0 Å². The number of nitrogens with zero attached hydrogens (tertiary/aromatic N) is 1. The molecule has 0 radical (unpaired) electrons. The first-order valence-corrected chi connectivity index (χ1v) is 5.79. The Bertz CT molecular complexity index is 270. The van der Waals surface area contributed by atoms with Gasteiger partial charge in [-0.3, -0.25) is 4.79 Å². The molecule has 0 aromatic carbocycles. The normalized spacial score (nSPS) is 20.7. The highest BCUT2D eigenvalue weighted by Crippen LogP contribution is 2.10. The van der Waals surface area contributed by atoms with Crippen molar-refractivity contribution in [3.8, 4) is 0 Å². The number of hydrogen-bond acceptors (Lipinski definition) is 5. The SMILES string of the molecule is COC(=O)CCN1CCCC(NC(=O)OC)C1. The Hall–Kier alpha value is -1.30. The van der Waals surface area contributed by atoms with Crippen molar-refractivity contribution in [2.75, 3.05) is 33.9 Å². The van der Waals surface area contributed by atoms with Crippen LogP contribution in [0, 0.1) is 0 Å². The molecule has 98 valence electrons. The number of rotatable bonds is 4. The van der Waals surface area contributed by atoms with Gasteiger partial charge in [-0.05, 0) is 19.4 Å². The lowest BCUT2D eigenvalue weighted by Gasteiger charge is -2.32. The number of piperidine rings is 1. The van der Waals surface area contributed by atoms with Gasteiger partial charge in [0.2, 0.25) is 0 Å². The summed E-state index contributed by atoms with van der Waals surface area (Å²) in [6.07, 6.45) is 1.95. The predicted molar refractivity (Wildman–Crippen MR) is 61.6 cm³/mol. The van der Waals surface area contributed by atoms with Crippen LogP contribution < -0.4 is 5.32 Å². The van der Waals surface area contributed by atoms with Crippen LogP contribution in [0.4, 0.5) is 4.79 Å². The second kappa shape index (κ2) is 7.11. The number of alkyl carbamates (subject to hydrolysis) is 1. The van der Waals surface area contributed by atoms with Gasteiger partial charge in [0.25, 0.3) is 0 Å². The maximum absolute atomic E-state index is 11.1. The van der Waals surface area contributed by atoms with Crippen LogP contribution in [0.15, 0.2) is 0 Å². The maximum Gasteiger partial charge on any atom is 0.407 e. The minimum absolute atomic E-state index is 0.105. The van der Waals surface area contributed by atoms with E-state index in [9.17, 15) is 9.59 Å². The van der Waals surface area contributed by atoms with Gasteiger partial charge < -0.3 is 19.7 Å².